The van der Waals surface area contributed by atoms with Crippen molar-refractivity contribution in [3.63, 3.8) is 0 Å². The number of hydrogen-bond acceptors (Lipinski definition) is 3. The second-order valence-electron chi connectivity index (χ2n) is 4.54. The molecule has 0 aliphatic carbocycles. The smallest absolute Gasteiger partial charge is 0.136 e. The first-order valence-electron chi connectivity index (χ1n) is 6.40. The van der Waals surface area contributed by atoms with Crippen LogP contribution in [0.5, 0.6) is 0 Å². The minimum atomic E-state index is 0.218. The van der Waals surface area contributed by atoms with Gasteiger partial charge in [-0.05, 0) is 31.2 Å². The minimum absolute atomic E-state index is 0.218. The Morgan fingerprint density at radius 2 is 2.05 bits per heavy atom. The molecule has 0 aliphatic heterocycles. The molecule has 1 N–H and O–H groups in total. The Balaban J connectivity index is 1.73. The van der Waals surface area contributed by atoms with Crippen LogP contribution in [0.4, 0.5) is 0 Å². The quantitative estimate of drug-likeness (QED) is 0.776. The lowest BCUT2D eigenvalue weighted by Gasteiger charge is -2.12. The van der Waals surface area contributed by atoms with Gasteiger partial charge in [0.15, 0.2) is 0 Å². The summed E-state index contributed by atoms with van der Waals surface area (Å²) in [5.41, 5.74) is 3.18. The zero-order chi connectivity index (χ0) is 13.1. The summed E-state index contributed by atoms with van der Waals surface area (Å²) >= 11 is 0. The van der Waals surface area contributed by atoms with Crippen molar-refractivity contribution in [2.45, 2.75) is 19.5 Å². The Labute approximate surface area is 112 Å². The van der Waals surface area contributed by atoms with E-state index < -0.39 is 0 Å². The fourth-order valence-electron chi connectivity index (χ4n) is 2.11. The van der Waals surface area contributed by atoms with Crippen molar-refractivity contribution in [3.05, 3.63) is 66.4 Å². The van der Waals surface area contributed by atoms with E-state index >= 15 is 0 Å². The molecule has 0 fully saturated rings. The number of pyridine rings is 2. The number of aromatic nitrogens is 3. The van der Waals surface area contributed by atoms with Gasteiger partial charge in [0.05, 0.1) is 17.6 Å². The predicted molar refractivity (Wildman–Crippen MR) is 74.7 cm³/mol. The predicted octanol–water partition coefficient (Wildman–Crippen LogP) is 2.58. The Hall–Kier alpha value is -2.20. The molecule has 0 spiro atoms. The molecular weight excluding hydrogens is 236 g/mol. The summed E-state index contributed by atoms with van der Waals surface area (Å²) in [4.78, 5) is 8.73. The molecule has 0 aliphatic rings. The number of nitrogens with zero attached hydrogens (tertiary/aromatic N) is 3. The van der Waals surface area contributed by atoms with Gasteiger partial charge in [0.1, 0.15) is 5.65 Å². The first-order chi connectivity index (χ1) is 9.34. The van der Waals surface area contributed by atoms with Crippen LogP contribution in [0.3, 0.4) is 0 Å². The van der Waals surface area contributed by atoms with E-state index in [0.717, 1.165) is 23.6 Å². The highest BCUT2D eigenvalue weighted by Crippen LogP contribution is 2.11. The Morgan fingerprint density at radius 3 is 2.89 bits per heavy atom. The number of fused-ring (bicyclic) bond motifs is 1. The fraction of sp³-hybridized carbons (Fsp3) is 0.200. The van der Waals surface area contributed by atoms with Crippen molar-refractivity contribution in [2.24, 2.45) is 0 Å². The molecule has 4 nitrogen and oxygen atoms in total. The van der Waals surface area contributed by atoms with Gasteiger partial charge in [-0.1, -0.05) is 12.1 Å². The lowest BCUT2D eigenvalue weighted by Crippen LogP contribution is -2.19. The second-order valence-corrected chi connectivity index (χ2v) is 4.54. The highest BCUT2D eigenvalue weighted by Gasteiger charge is 2.07. The Kier molecular flexibility index (Phi) is 3.25. The summed E-state index contributed by atoms with van der Waals surface area (Å²) in [5, 5.41) is 3.47. The molecular formula is C15H16N4. The van der Waals surface area contributed by atoms with Gasteiger partial charge in [0.25, 0.3) is 0 Å². The first-order valence-corrected chi connectivity index (χ1v) is 6.40. The van der Waals surface area contributed by atoms with Crippen LogP contribution in [-0.4, -0.2) is 14.4 Å². The van der Waals surface area contributed by atoms with E-state index in [2.05, 4.69) is 26.6 Å². The number of nitrogens with one attached hydrogen (secondary N) is 1. The Bertz CT molecular complexity index is 660. The normalized spacial score (nSPS) is 12.7. The zero-order valence-electron chi connectivity index (χ0n) is 10.8. The SMILES string of the molecule is C[C@H](NCc1cnc2ccccn12)c1ccccn1. The van der Waals surface area contributed by atoms with E-state index in [1.807, 2.05) is 55.0 Å². The van der Waals surface area contributed by atoms with Crippen molar-refractivity contribution < 1.29 is 0 Å². The van der Waals surface area contributed by atoms with Crippen molar-refractivity contribution in [1.82, 2.24) is 19.7 Å². The molecule has 0 saturated carbocycles. The molecule has 19 heavy (non-hydrogen) atoms. The average Bonchev–Trinajstić information content (AvgIpc) is 2.89. The second kappa shape index (κ2) is 5.20. The highest BCUT2D eigenvalue weighted by atomic mass is 15.0. The topological polar surface area (TPSA) is 42.2 Å². The van der Waals surface area contributed by atoms with Gasteiger partial charge in [0.2, 0.25) is 0 Å². The van der Waals surface area contributed by atoms with Gasteiger partial charge >= 0.3 is 0 Å². The van der Waals surface area contributed by atoms with Crippen molar-refractivity contribution in [3.8, 4) is 0 Å². The van der Waals surface area contributed by atoms with Crippen LogP contribution in [0.2, 0.25) is 0 Å². The third-order valence-corrected chi connectivity index (χ3v) is 3.21. The van der Waals surface area contributed by atoms with E-state index in [9.17, 15) is 0 Å². The summed E-state index contributed by atoms with van der Waals surface area (Å²) in [6.07, 6.45) is 5.76. The summed E-state index contributed by atoms with van der Waals surface area (Å²) in [5.74, 6) is 0. The van der Waals surface area contributed by atoms with Crippen LogP contribution in [0, 0.1) is 0 Å². The van der Waals surface area contributed by atoms with E-state index in [4.69, 9.17) is 0 Å². The minimum Gasteiger partial charge on any atom is -0.303 e. The highest BCUT2D eigenvalue weighted by molar-refractivity contribution is 5.39. The number of rotatable bonds is 4. The molecule has 0 unspecified atom stereocenters. The molecule has 1 atom stereocenters. The van der Waals surface area contributed by atoms with Crippen LogP contribution < -0.4 is 5.32 Å². The molecule has 4 heteroatoms. The van der Waals surface area contributed by atoms with Gasteiger partial charge in [-0.25, -0.2) is 4.98 Å². The van der Waals surface area contributed by atoms with Crippen molar-refractivity contribution >= 4 is 5.65 Å². The largest absolute Gasteiger partial charge is 0.303 e. The zero-order valence-corrected chi connectivity index (χ0v) is 10.8. The summed E-state index contributed by atoms with van der Waals surface area (Å²) < 4.78 is 2.10. The molecule has 3 aromatic heterocycles. The lowest BCUT2D eigenvalue weighted by molar-refractivity contribution is 0.553. The van der Waals surface area contributed by atoms with Gasteiger partial charge in [0, 0.05) is 25.0 Å². The monoisotopic (exact) mass is 252 g/mol. The van der Waals surface area contributed by atoms with Crippen LogP contribution in [0.1, 0.15) is 24.4 Å². The van der Waals surface area contributed by atoms with Gasteiger partial charge in [-0.3, -0.25) is 4.98 Å². The maximum absolute atomic E-state index is 4.38. The molecule has 3 heterocycles. The maximum atomic E-state index is 4.38. The van der Waals surface area contributed by atoms with Crippen LogP contribution in [0.15, 0.2) is 55.0 Å². The van der Waals surface area contributed by atoms with Crippen molar-refractivity contribution in [2.75, 3.05) is 0 Å². The van der Waals surface area contributed by atoms with Crippen LogP contribution in [-0.2, 0) is 6.54 Å². The van der Waals surface area contributed by atoms with Gasteiger partial charge < -0.3 is 9.72 Å². The molecule has 0 aromatic carbocycles. The molecule has 3 aromatic rings. The Morgan fingerprint density at radius 1 is 1.16 bits per heavy atom. The summed E-state index contributed by atoms with van der Waals surface area (Å²) in [7, 11) is 0. The average molecular weight is 252 g/mol. The van der Waals surface area contributed by atoms with E-state index in [0.29, 0.717) is 0 Å². The van der Waals surface area contributed by atoms with E-state index in [1.165, 1.54) is 0 Å². The first kappa shape index (κ1) is 11.9. The van der Waals surface area contributed by atoms with E-state index in [1.54, 1.807) is 0 Å². The van der Waals surface area contributed by atoms with Crippen LogP contribution in [0.25, 0.3) is 5.65 Å². The lowest BCUT2D eigenvalue weighted by atomic mass is 10.2. The van der Waals surface area contributed by atoms with E-state index in [-0.39, 0.29) is 6.04 Å². The molecule has 0 radical (unpaired) electrons. The van der Waals surface area contributed by atoms with Crippen LogP contribution >= 0.6 is 0 Å². The van der Waals surface area contributed by atoms with Crippen molar-refractivity contribution in [1.29, 1.82) is 0 Å². The summed E-state index contributed by atoms with van der Waals surface area (Å²) in [6, 6.07) is 12.2. The number of imidazole rings is 1. The molecule has 0 amide bonds. The van der Waals surface area contributed by atoms with Gasteiger partial charge in [-0.2, -0.15) is 0 Å². The third kappa shape index (κ3) is 2.48. The molecule has 0 saturated heterocycles. The standard InChI is InChI=1S/C15H16N4/c1-12(14-6-2-4-8-16-14)17-10-13-11-18-15-7-3-5-9-19(13)15/h2-9,11-12,17H,10H2,1H3/t12-/m0/s1. The summed E-state index contributed by atoms with van der Waals surface area (Å²) in [6.45, 7) is 2.88. The molecule has 3 rings (SSSR count). The number of hydrogen-bond donors (Lipinski definition) is 1. The van der Waals surface area contributed by atoms with Gasteiger partial charge in [-0.15, -0.1) is 0 Å². The molecule has 96 valence electrons. The maximum Gasteiger partial charge on any atom is 0.136 e. The fourth-order valence-corrected chi connectivity index (χ4v) is 2.11. The molecule has 0 bridgehead atoms. The third-order valence-electron chi connectivity index (χ3n) is 3.21.